The summed E-state index contributed by atoms with van der Waals surface area (Å²) in [5, 5.41) is 6.46. The molecule has 2 rings (SSSR count). The van der Waals surface area contributed by atoms with Crippen molar-refractivity contribution in [1.82, 2.24) is 9.97 Å². The molecule has 4 nitrogen and oxygen atoms in total. The van der Waals surface area contributed by atoms with Crippen LogP contribution in [0.3, 0.4) is 0 Å². The summed E-state index contributed by atoms with van der Waals surface area (Å²) in [5.74, 6) is 1.46. The molecule has 1 aromatic heterocycles. The second-order valence-electron chi connectivity index (χ2n) is 4.36. The Bertz CT molecular complexity index is 584. The van der Waals surface area contributed by atoms with E-state index >= 15 is 0 Å². The van der Waals surface area contributed by atoms with E-state index in [4.69, 9.17) is 0 Å². The monoisotopic (exact) mass is 320 g/mol. The van der Waals surface area contributed by atoms with Crippen LogP contribution in [0.25, 0.3) is 0 Å². The molecule has 0 aliphatic carbocycles. The second kappa shape index (κ2) is 6.02. The minimum Gasteiger partial charge on any atom is -0.354 e. The topological polar surface area (TPSA) is 49.8 Å². The molecule has 0 spiro atoms. The van der Waals surface area contributed by atoms with Crippen LogP contribution in [0.5, 0.6) is 0 Å². The molecule has 0 aliphatic heterocycles. The minimum atomic E-state index is 0.638. The van der Waals surface area contributed by atoms with Crippen LogP contribution < -0.4 is 10.6 Å². The molecule has 19 heavy (non-hydrogen) atoms. The highest BCUT2D eigenvalue weighted by Crippen LogP contribution is 2.27. The van der Waals surface area contributed by atoms with Crippen molar-refractivity contribution in [3.8, 4) is 0 Å². The Morgan fingerprint density at radius 2 is 2.05 bits per heavy atom. The maximum Gasteiger partial charge on any atom is 0.224 e. The first-order chi connectivity index (χ1) is 9.10. The van der Waals surface area contributed by atoms with Crippen molar-refractivity contribution >= 4 is 33.4 Å². The molecule has 1 aromatic carbocycles. The highest BCUT2D eigenvalue weighted by molar-refractivity contribution is 9.10. The summed E-state index contributed by atoms with van der Waals surface area (Å²) >= 11 is 3.54. The van der Waals surface area contributed by atoms with Crippen molar-refractivity contribution in [2.24, 2.45) is 0 Å². The summed E-state index contributed by atoms with van der Waals surface area (Å²) in [4.78, 5) is 8.71. The number of aryl methyl sites for hydroxylation is 2. The SMILES string of the molecule is CCNc1ncc(C)c(Nc2cc(C)ccc2Br)n1. The summed E-state index contributed by atoms with van der Waals surface area (Å²) in [6.45, 7) is 6.88. The van der Waals surface area contributed by atoms with E-state index < -0.39 is 0 Å². The molecule has 0 unspecified atom stereocenters. The molecular formula is C14H17BrN4. The maximum atomic E-state index is 4.47. The first-order valence-corrected chi connectivity index (χ1v) is 7.00. The lowest BCUT2D eigenvalue weighted by atomic mass is 10.2. The van der Waals surface area contributed by atoms with E-state index in [1.165, 1.54) is 5.56 Å². The van der Waals surface area contributed by atoms with Crippen LogP contribution in [0, 0.1) is 13.8 Å². The van der Waals surface area contributed by atoms with Gasteiger partial charge in [0.2, 0.25) is 5.95 Å². The largest absolute Gasteiger partial charge is 0.354 e. The van der Waals surface area contributed by atoms with Crippen molar-refractivity contribution in [2.75, 3.05) is 17.2 Å². The molecule has 5 heteroatoms. The number of nitrogens with zero attached hydrogens (tertiary/aromatic N) is 2. The number of aromatic nitrogens is 2. The van der Waals surface area contributed by atoms with E-state index in [2.05, 4.69) is 55.6 Å². The fourth-order valence-electron chi connectivity index (χ4n) is 1.67. The number of anilines is 3. The Hall–Kier alpha value is -1.62. The molecule has 0 amide bonds. The summed E-state index contributed by atoms with van der Waals surface area (Å²) < 4.78 is 1.01. The standard InChI is InChI=1S/C14H17BrN4/c1-4-16-14-17-8-10(3)13(19-14)18-12-7-9(2)5-6-11(12)15/h5-8H,4H2,1-3H3,(H2,16,17,18,19). The summed E-state index contributed by atoms with van der Waals surface area (Å²) in [5.41, 5.74) is 3.21. The van der Waals surface area contributed by atoms with Crippen LogP contribution in [0.2, 0.25) is 0 Å². The number of benzene rings is 1. The number of nitrogens with one attached hydrogen (secondary N) is 2. The predicted molar refractivity (Wildman–Crippen MR) is 83.1 cm³/mol. The molecule has 0 fully saturated rings. The predicted octanol–water partition coefficient (Wildman–Crippen LogP) is 4.03. The van der Waals surface area contributed by atoms with Gasteiger partial charge < -0.3 is 10.6 Å². The van der Waals surface area contributed by atoms with Gasteiger partial charge in [-0.25, -0.2) is 4.98 Å². The molecule has 0 saturated heterocycles. The van der Waals surface area contributed by atoms with Crippen molar-refractivity contribution in [2.45, 2.75) is 20.8 Å². The quantitative estimate of drug-likeness (QED) is 0.892. The van der Waals surface area contributed by atoms with Gasteiger partial charge >= 0.3 is 0 Å². The molecular weight excluding hydrogens is 304 g/mol. The highest BCUT2D eigenvalue weighted by atomic mass is 79.9. The molecule has 2 N–H and O–H groups in total. The van der Waals surface area contributed by atoms with E-state index in [9.17, 15) is 0 Å². The highest BCUT2D eigenvalue weighted by Gasteiger charge is 2.06. The van der Waals surface area contributed by atoms with E-state index in [0.29, 0.717) is 5.95 Å². The number of halogens is 1. The third-order valence-electron chi connectivity index (χ3n) is 2.68. The number of hydrogen-bond acceptors (Lipinski definition) is 4. The molecule has 0 bridgehead atoms. The lowest BCUT2D eigenvalue weighted by molar-refractivity contribution is 1.07. The molecule has 1 heterocycles. The van der Waals surface area contributed by atoms with Crippen LogP contribution in [-0.2, 0) is 0 Å². The van der Waals surface area contributed by atoms with Gasteiger partial charge in [-0.3, -0.25) is 0 Å². The van der Waals surface area contributed by atoms with Crippen LogP contribution in [0.1, 0.15) is 18.1 Å². The summed E-state index contributed by atoms with van der Waals surface area (Å²) in [6, 6.07) is 6.17. The number of hydrogen-bond donors (Lipinski definition) is 2. The zero-order valence-electron chi connectivity index (χ0n) is 11.3. The van der Waals surface area contributed by atoms with Crippen LogP contribution in [0.15, 0.2) is 28.9 Å². The van der Waals surface area contributed by atoms with Gasteiger partial charge in [-0.1, -0.05) is 6.07 Å². The zero-order valence-corrected chi connectivity index (χ0v) is 12.9. The van der Waals surface area contributed by atoms with Gasteiger partial charge in [-0.05, 0) is 54.4 Å². The fourth-order valence-corrected chi connectivity index (χ4v) is 2.02. The lowest BCUT2D eigenvalue weighted by Crippen LogP contribution is -2.05. The zero-order chi connectivity index (χ0) is 13.8. The molecule has 0 atom stereocenters. The second-order valence-corrected chi connectivity index (χ2v) is 5.22. The average molecular weight is 321 g/mol. The Kier molecular flexibility index (Phi) is 4.37. The van der Waals surface area contributed by atoms with E-state index in [1.54, 1.807) is 0 Å². The van der Waals surface area contributed by atoms with E-state index in [-0.39, 0.29) is 0 Å². The molecule has 0 aliphatic rings. The molecule has 0 radical (unpaired) electrons. The Balaban J connectivity index is 2.31. The van der Waals surface area contributed by atoms with Gasteiger partial charge in [0.25, 0.3) is 0 Å². The summed E-state index contributed by atoms with van der Waals surface area (Å²) in [6.07, 6.45) is 1.82. The first kappa shape index (κ1) is 13.8. The summed E-state index contributed by atoms with van der Waals surface area (Å²) in [7, 11) is 0. The van der Waals surface area contributed by atoms with Crippen LogP contribution in [0.4, 0.5) is 17.5 Å². The third-order valence-corrected chi connectivity index (χ3v) is 3.37. The Labute approximate surface area is 121 Å². The van der Waals surface area contributed by atoms with Crippen molar-refractivity contribution in [3.05, 3.63) is 40.0 Å². The van der Waals surface area contributed by atoms with Crippen molar-refractivity contribution < 1.29 is 0 Å². The van der Waals surface area contributed by atoms with Gasteiger partial charge in [0.15, 0.2) is 0 Å². The molecule has 100 valence electrons. The van der Waals surface area contributed by atoms with Gasteiger partial charge in [0.05, 0.1) is 5.69 Å². The molecule has 2 aromatic rings. The van der Waals surface area contributed by atoms with Gasteiger partial charge in [0, 0.05) is 22.8 Å². The van der Waals surface area contributed by atoms with E-state index in [0.717, 1.165) is 28.1 Å². The van der Waals surface area contributed by atoms with Crippen LogP contribution in [-0.4, -0.2) is 16.5 Å². The smallest absolute Gasteiger partial charge is 0.224 e. The van der Waals surface area contributed by atoms with Gasteiger partial charge in [-0.2, -0.15) is 4.98 Å². The van der Waals surface area contributed by atoms with Crippen molar-refractivity contribution in [1.29, 1.82) is 0 Å². The first-order valence-electron chi connectivity index (χ1n) is 6.21. The third kappa shape index (κ3) is 3.44. The van der Waals surface area contributed by atoms with Gasteiger partial charge in [-0.15, -0.1) is 0 Å². The van der Waals surface area contributed by atoms with Gasteiger partial charge in [0.1, 0.15) is 5.82 Å². The normalized spacial score (nSPS) is 10.3. The number of rotatable bonds is 4. The van der Waals surface area contributed by atoms with E-state index in [1.807, 2.05) is 26.1 Å². The maximum absolute atomic E-state index is 4.47. The lowest BCUT2D eigenvalue weighted by Gasteiger charge is -2.12. The average Bonchev–Trinajstić information content (AvgIpc) is 2.38. The van der Waals surface area contributed by atoms with Crippen molar-refractivity contribution in [3.63, 3.8) is 0 Å². The van der Waals surface area contributed by atoms with Crippen LogP contribution >= 0.6 is 15.9 Å². The fraction of sp³-hybridized carbons (Fsp3) is 0.286. The molecule has 0 saturated carbocycles. The Morgan fingerprint density at radius 1 is 1.26 bits per heavy atom. The Morgan fingerprint density at radius 3 is 2.79 bits per heavy atom. The minimum absolute atomic E-state index is 0.638.